The predicted octanol–water partition coefficient (Wildman–Crippen LogP) is 6.66. The maximum absolute atomic E-state index is 4.66. The minimum atomic E-state index is 0.346. The molecule has 0 aliphatic heterocycles. The van der Waals surface area contributed by atoms with Crippen LogP contribution in [0.25, 0.3) is 55.4 Å². The van der Waals surface area contributed by atoms with Gasteiger partial charge in [0.05, 0.1) is 16.9 Å². The summed E-state index contributed by atoms with van der Waals surface area (Å²) < 4.78 is 0. The quantitative estimate of drug-likeness (QED) is 0.278. The Morgan fingerprint density at radius 1 is 0.765 bits per heavy atom. The molecule has 0 bridgehead atoms. The zero-order chi connectivity index (χ0) is 23.1. The fraction of sp³-hybridized carbons (Fsp3) is 0.107. The van der Waals surface area contributed by atoms with E-state index in [-0.39, 0.29) is 0 Å². The Morgan fingerprint density at radius 2 is 1.68 bits per heavy atom. The second-order valence-corrected chi connectivity index (χ2v) is 8.79. The smallest absolute Gasteiger partial charge is 0.116 e. The third-order valence-electron chi connectivity index (χ3n) is 5.98. The summed E-state index contributed by atoms with van der Waals surface area (Å²) in [5, 5.41) is 13.5. The lowest BCUT2D eigenvalue weighted by Crippen LogP contribution is -2.09. The molecule has 0 aliphatic carbocycles. The summed E-state index contributed by atoms with van der Waals surface area (Å²) >= 11 is 0. The van der Waals surface area contributed by atoms with E-state index in [1.165, 1.54) is 0 Å². The summed E-state index contributed by atoms with van der Waals surface area (Å²) in [6, 6.07) is 21.4. The van der Waals surface area contributed by atoms with Crippen LogP contribution in [0.1, 0.15) is 13.8 Å². The van der Waals surface area contributed by atoms with Crippen molar-refractivity contribution >= 4 is 27.5 Å². The lowest BCUT2D eigenvalue weighted by molar-refractivity contribution is 0.898. The van der Waals surface area contributed by atoms with Gasteiger partial charge in [-0.05, 0) is 61.4 Å². The van der Waals surface area contributed by atoms with E-state index in [0.717, 1.165) is 61.1 Å². The van der Waals surface area contributed by atoms with Gasteiger partial charge in [0.1, 0.15) is 5.69 Å². The van der Waals surface area contributed by atoms with Gasteiger partial charge in [-0.3, -0.25) is 15.1 Å². The topological polar surface area (TPSA) is 82.3 Å². The molecule has 0 spiro atoms. The molecule has 166 valence electrons. The maximum Gasteiger partial charge on any atom is 0.116 e. The van der Waals surface area contributed by atoms with Crippen LogP contribution in [0.2, 0.25) is 0 Å². The van der Waals surface area contributed by atoms with Crippen molar-refractivity contribution < 1.29 is 0 Å². The predicted molar refractivity (Wildman–Crippen MR) is 139 cm³/mol. The number of nitrogens with zero attached hydrogens (tertiary/aromatic N) is 3. The van der Waals surface area contributed by atoms with Crippen LogP contribution in [0.5, 0.6) is 0 Å². The lowest BCUT2D eigenvalue weighted by Gasteiger charge is -2.11. The van der Waals surface area contributed by atoms with Gasteiger partial charge in [-0.1, -0.05) is 24.3 Å². The number of rotatable bonds is 5. The van der Waals surface area contributed by atoms with Crippen LogP contribution in [-0.4, -0.2) is 31.2 Å². The highest BCUT2D eigenvalue weighted by Crippen LogP contribution is 2.35. The number of anilines is 1. The van der Waals surface area contributed by atoms with E-state index in [0.29, 0.717) is 6.04 Å². The molecule has 0 saturated heterocycles. The van der Waals surface area contributed by atoms with E-state index >= 15 is 0 Å². The maximum atomic E-state index is 4.66. The van der Waals surface area contributed by atoms with Crippen molar-refractivity contribution in [3.63, 3.8) is 0 Å². The van der Waals surface area contributed by atoms with Crippen LogP contribution in [-0.2, 0) is 0 Å². The normalized spacial score (nSPS) is 11.5. The number of hydrogen-bond acceptors (Lipinski definition) is 4. The molecule has 0 radical (unpaired) electrons. The van der Waals surface area contributed by atoms with E-state index in [1.807, 2.05) is 24.7 Å². The van der Waals surface area contributed by atoms with Gasteiger partial charge in [0, 0.05) is 58.2 Å². The summed E-state index contributed by atoms with van der Waals surface area (Å²) in [5.74, 6) is 0. The van der Waals surface area contributed by atoms with E-state index in [9.17, 15) is 0 Å². The summed E-state index contributed by atoms with van der Waals surface area (Å²) in [6.45, 7) is 4.24. The summed E-state index contributed by atoms with van der Waals surface area (Å²) in [4.78, 5) is 12.3. The van der Waals surface area contributed by atoms with Crippen molar-refractivity contribution in [3.8, 4) is 33.6 Å². The lowest BCUT2D eigenvalue weighted by atomic mass is 10.0. The molecule has 0 aliphatic rings. The summed E-state index contributed by atoms with van der Waals surface area (Å²) in [6.07, 6.45) is 7.45. The van der Waals surface area contributed by atoms with Gasteiger partial charge >= 0.3 is 0 Å². The first-order chi connectivity index (χ1) is 16.7. The van der Waals surface area contributed by atoms with E-state index < -0.39 is 0 Å². The third-order valence-corrected chi connectivity index (χ3v) is 5.98. The van der Waals surface area contributed by atoms with Gasteiger partial charge in [0.25, 0.3) is 0 Å². The average Bonchev–Trinajstić information content (AvgIpc) is 3.48. The number of hydrogen-bond donors (Lipinski definition) is 3. The molecule has 0 atom stereocenters. The number of H-pyrrole nitrogens is 2. The molecule has 2 aromatic carbocycles. The molecule has 0 saturated carbocycles. The number of pyridine rings is 2. The Kier molecular flexibility index (Phi) is 4.84. The molecule has 6 rings (SSSR count). The highest BCUT2D eigenvalue weighted by atomic mass is 15.1. The average molecular weight is 445 g/mol. The fourth-order valence-corrected chi connectivity index (χ4v) is 4.47. The zero-order valence-corrected chi connectivity index (χ0v) is 19.0. The van der Waals surface area contributed by atoms with Crippen molar-refractivity contribution in [2.24, 2.45) is 0 Å². The van der Waals surface area contributed by atoms with Gasteiger partial charge in [-0.2, -0.15) is 5.10 Å². The number of nitrogens with one attached hydrogen (secondary N) is 3. The first-order valence-electron chi connectivity index (χ1n) is 11.4. The van der Waals surface area contributed by atoms with E-state index in [1.54, 1.807) is 6.20 Å². The van der Waals surface area contributed by atoms with Crippen LogP contribution in [0.3, 0.4) is 0 Å². The Labute approximate surface area is 197 Å². The molecule has 4 aromatic heterocycles. The molecule has 6 heteroatoms. The second-order valence-electron chi connectivity index (χ2n) is 8.79. The van der Waals surface area contributed by atoms with Gasteiger partial charge in [-0.15, -0.1) is 0 Å². The molecule has 0 amide bonds. The summed E-state index contributed by atoms with van der Waals surface area (Å²) in [7, 11) is 0. The van der Waals surface area contributed by atoms with Crippen LogP contribution in [0.4, 0.5) is 5.69 Å². The van der Waals surface area contributed by atoms with Crippen molar-refractivity contribution in [2.45, 2.75) is 19.9 Å². The third kappa shape index (κ3) is 3.59. The number of fused-ring (bicyclic) bond motifs is 2. The fourth-order valence-electron chi connectivity index (χ4n) is 4.47. The SMILES string of the molecule is CC(C)Nc1cncc(-c2ccc3[nH]nc(-c4cc5c(-c6cccnc6)cccc5[nH]4)c3c2)c1. The van der Waals surface area contributed by atoms with Crippen LogP contribution in [0.15, 0.2) is 85.5 Å². The number of aromatic nitrogens is 5. The minimum Gasteiger partial charge on any atom is -0.382 e. The molecule has 4 heterocycles. The van der Waals surface area contributed by atoms with Crippen molar-refractivity contribution in [3.05, 3.63) is 85.5 Å². The van der Waals surface area contributed by atoms with Crippen molar-refractivity contribution in [1.82, 2.24) is 25.1 Å². The molecule has 6 aromatic rings. The molecule has 34 heavy (non-hydrogen) atoms. The number of aromatic amines is 2. The zero-order valence-electron chi connectivity index (χ0n) is 19.0. The molecule has 0 unspecified atom stereocenters. The monoisotopic (exact) mass is 444 g/mol. The van der Waals surface area contributed by atoms with Crippen molar-refractivity contribution in [1.29, 1.82) is 0 Å². The second kappa shape index (κ2) is 8.15. The van der Waals surface area contributed by atoms with Crippen LogP contribution < -0.4 is 5.32 Å². The first-order valence-corrected chi connectivity index (χ1v) is 11.4. The van der Waals surface area contributed by atoms with Crippen LogP contribution >= 0.6 is 0 Å². The van der Waals surface area contributed by atoms with Crippen LogP contribution in [0, 0.1) is 0 Å². The highest BCUT2D eigenvalue weighted by molar-refractivity contribution is 6.01. The largest absolute Gasteiger partial charge is 0.382 e. The molecular formula is C28H24N6. The molecular weight excluding hydrogens is 420 g/mol. The van der Waals surface area contributed by atoms with E-state index in [2.05, 4.69) is 98.9 Å². The Morgan fingerprint density at radius 3 is 2.53 bits per heavy atom. The molecule has 0 fully saturated rings. The van der Waals surface area contributed by atoms with Gasteiger partial charge in [0.15, 0.2) is 0 Å². The molecule has 3 N–H and O–H groups in total. The highest BCUT2D eigenvalue weighted by Gasteiger charge is 2.14. The number of benzene rings is 2. The molecule has 6 nitrogen and oxygen atoms in total. The van der Waals surface area contributed by atoms with Gasteiger partial charge < -0.3 is 10.3 Å². The van der Waals surface area contributed by atoms with Gasteiger partial charge in [-0.25, -0.2) is 0 Å². The standard InChI is InChI=1S/C28H24N6/c1-17(2)31-21-11-20(15-30-16-21)18-8-9-26-24(12-18)28(34-33-26)27-13-23-22(6-3-7-25(23)32-27)19-5-4-10-29-14-19/h3-17,31-32H,1-2H3,(H,33,34). The Balaban J connectivity index is 1.45. The van der Waals surface area contributed by atoms with Gasteiger partial charge in [0.2, 0.25) is 0 Å². The van der Waals surface area contributed by atoms with Crippen molar-refractivity contribution in [2.75, 3.05) is 5.32 Å². The van der Waals surface area contributed by atoms with E-state index in [4.69, 9.17) is 0 Å². The first kappa shape index (κ1) is 20.2. The Hall–Kier alpha value is -4.45. The Bertz CT molecular complexity index is 1610. The summed E-state index contributed by atoms with van der Waals surface area (Å²) in [5.41, 5.74) is 9.35. The minimum absolute atomic E-state index is 0.346.